The molecule has 1 aliphatic heterocycles. The van der Waals surface area contributed by atoms with Crippen LogP contribution in [0.5, 0.6) is 0 Å². The van der Waals surface area contributed by atoms with Crippen molar-refractivity contribution in [1.29, 1.82) is 0 Å². The zero-order chi connectivity index (χ0) is 10.1. The molecular weight excluding hydrogens is 180 g/mol. The van der Waals surface area contributed by atoms with Gasteiger partial charge in [-0.15, -0.1) is 0 Å². The Hall–Kier alpha value is -0.410. The van der Waals surface area contributed by atoms with E-state index in [9.17, 15) is 4.79 Å². The van der Waals surface area contributed by atoms with Crippen LogP contribution in [0, 0.1) is 0 Å². The molecule has 0 aromatic rings. The molecule has 2 aliphatic rings. The van der Waals surface area contributed by atoms with Crippen molar-refractivity contribution in [2.75, 3.05) is 26.4 Å². The molecule has 1 saturated carbocycles. The van der Waals surface area contributed by atoms with E-state index in [1.54, 1.807) is 0 Å². The molecule has 3 heteroatoms. The van der Waals surface area contributed by atoms with Crippen LogP contribution in [0.2, 0.25) is 0 Å². The minimum Gasteiger partial charge on any atom is -0.377 e. The van der Waals surface area contributed by atoms with E-state index >= 15 is 0 Å². The predicted molar refractivity (Wildman–Crippen MR) is 54.3 cm³/mol. The Kier molecular flexibility index (Phi) is 6.62. The van der Waals surface area contributed by atoms with Crippen LogP contribution in [0.1, 0.15) is 38.5 Å². The van der Waals surface area contributed by atoms with Gasteiger partial charge in [-0.1, -0.05) is 12.8 Å². The maximum atomic E-state index is 10.7. The normalized spacial score (nSPS) is 23.3. The van der Waals surface area contributed by atoms with Crippen molar-refractivity contribution in [2.24, 2.45) is 0 Å². The summed E-state index contributed by atoms with van der Waals surface area (Å²) in [5, 5.41) is 0. The van der Waals surface area contributed by atoms with Gasteiger partial charge >= 0.3 is 0 Å². The number of Topliss-reactive ketones (excluding diaryl/α,β-unsaturated/α-hetero) is 1. The third-order valence-corrected chi connectivity index (χ3v) is 2.41. The number of carbonyl (C=O) groups is 1. The Bertz CT molecular complexity index is 131. The van der Waals surface area contributed by atoms with Crippen LogP contribution < -0.4 is 0 Å². The van der Waals surface area contributed by atoms with Gasteiger partial charge in [0.15, 0.2) is 0 Å². The number of hydrogen-bond acceptors (Lipinski definition) is 3. The first kappa shape index (κ1) is 11.7. The van der Waals surface area contributed by atoms with Gasteiger partial charge in [0.05, 0.1) is 26.4 Å². The lowest BCUT2D eigenvalue weighted by Gasteiger charge is -2.09. The summed E-state index contributed by atoms with van der Waals surface area (Å²) in [5.41, 5.74) is 0. The van der Waals surface area contributed by atoms with Gasteiger partial charge in [-0.25, -0.2) is 0 Å². The molecule has 0 amide bonds. The molecule has 1 aliphatic carbocycles. The standard InChI is InChI=1S/C7H12O.C4H8O2/c8-7-5-3-1-2-4-6-7;1-2-6-4-3-5-1/h1-6H2;1-4H2. The molecule has 0 N–H and O–H groups in total. The zero-order valence-corrected chi connectivity index (χ0v) is 8.80. The van der Waals surface area contributed by atoms with E-state index in [0.29, 0.717) is 5.78 Å². The number of rotatable bonds is 0. The summed E-state index contributed by atoms with van der Waals surface area (Å²) in [4.78, 5) is 10.7. The van der Waals surface area contributed by atoms with Gasteiger partial charge in [-0.05, 0) is 12.8 Å². The molecule has 2 rings (SSSR count). The van der Waals surface area contributed by atoms with E-state index in [1.807, 2.05) is 0 Å². The monoisotopic (exact) mass is 200 g/mol. The van der Waals surface area contributed by atoms with Crippen LogP contribution in [0.25, 0.3) is 0 Å². The lowest BCUT2D eigenvalue weighted by atomic mass is 10.2. The summed E-state index contributed by atoms with van der Waals surface area (Å²) in [7, 11) is 0. The van der Waals surface area contributed by atoms with Gasteiger partial charge in [-0.2, -0.15) is 0 Å². The molecule has 0 aromatic heterocycles. The first-order valence-electron chi connectivity index (χ1n) is 5.57. The highest BCUT2D eigenvalue weighted by Crippen LogP contribution is 2.12. The van der Waals surface area contributed by atoms with Crippen LogP contribution in [0.3, 0.4) is 0 Å². The first-order valence-corrected chi connectivity index (χ1v) is 5.57. The Labute approximate surface area is 85.8 Å². The van der Waals surface area contributed by atoms with Crippen molar-refractivity contribution >= 4 is 5.78 Å². The fourth-order valence-corrected chi connectivity index (χ4v) is 1.56. The molecule has 0 bridgehead atoms. The fraction of sp³-hybridized carbons (Fsp3) is 0.909. The molecule has 0 spiro atoms. The summed E-state index contributed by atoms with van der Waals surface area (Å²) in [5.74, 6) is 0.475. The van der Waals surface area contributed by atoms with Gasteiger partial charge < -0.3 is 9.47 Å². The minimum atomic E-state index is 0.475. The third kappa shape index (κ3) is 6.11. The molecule has 0 atom stereocenters. The number of carbonyl (C=O) groups excluding carboxylic acids is 1. The SMILES string of the molecule is C1COCCO1.O=C1CCCCCC1. The van der Waals surface area contributed by atoms with E-state index < -0.39 is 0 Å². The minimum absolute atomic E-state index is 0.475. The predicted octanol–water partition coefficient (Wildman–Crippen LogP) is 1.94. The largest absolute Gasteiger partial charge is 0.377 e. The van der Waals surface area contributed by atoms with Gasteiger partial charge in [-0.3, -0.25) is 4.79 Å². The Balaban J connectivity index is 0.000000146. The second kappa shape index (κ2) is 7.94. The van der Waals surface area contributed by atoms with Crippen LogP contribution in [0.15, 0.2) is 0 Å². The van der Waals surface area contributed by atoms with Gasteiger partial charge in [0.1, 0.15) is 5.78 Å². The van der Waals surface area contributed by atoms with E-state index in [-0.39, 0.29) is 0 Å². The van der Waals surface area contributed by atoms with Gasteiger partial charge in [0, 0.05) is 12.8 Å². The molecular formula is C11H20O3. The molecule has 0 unspecified atom stereocenters. The average Bonchev–Trinajstić information content (AvgIpc) is 2.49. The van der Waals surface area contributed by atoms with Crippen LogP contribution in [-0.4, -0.2) is 32.2 Å². The number of hydrogen-bond donors (Lipinski definition) is 0. The first-order chi connectivity index (χ1) is 6.89. The Morgan fingerprint density at radius 2 is 1.14 bits per heavy atom. The average molecular weight is 200 g/mol. The van der Waals surface area contributed by atoms with Crippen LogP contribution in [-0.2, 0) is 14.3 Å². The molecule has 3 nitrogen and oxygen atoms in total. The second-order valence-corrected chi connectivity index (χ2v) is 3.68. The van der Waals surface area contributed by atoms with Crippen molar-refractivity contribution in [2.45, 2.75) is 38.5 Å². The summed E-state index contributed by atoms with van der Waals surface area (Å²) in [6, 6.07) is 0. The van der Waals surface area contributed by atoms with E-state index in [2.05, 4.69) is 0 Å². The lowest BCUT2D eigenvalue weighted by molar-refractivity contribution is -0.118. The molecule has 1 saturated heterocycles. The third-order valence-electron chi connectivity index (χ3n) is 2.41. The molecule has 2 fully saturated rings. The maximum Gasteiger partial charge on any atom is 0.132 e. The summed E-state index contributed by atoms with van der Waals surface area (Å²) in [6.45, 7) is 3.11. The molecule has 14 heavy (non-hydrogen) atoms. The van der Waals surface area contributed by atoms with E-state index in [4.69, 9.17) is 9.47 Å². The lowest BCUT2D eigenvalue weighted by Crippen LogP contribution is -2.16. The molecule has 0 aromatic carbocycles. The highest BCUT2D eigenvalue weighted by atomic mass is 16.6. The van der Waals surface area contributed by atoms with Gasteiger partial charge in [0.25, 0.3) is 0 Å². The summed E-state index contributed by atoms with van der Waals surface area (Å²) in [6.07, 6.45) is 6.51. The van der Waals surface area contributed by atoms with Gasteiger partial charge in [0.2, 0.25) is 0 Å². The quantitative estimate of drug-likeness (QED) is 0.561. The van der Waals surface area contributed by atoms with Crippen molar-refractivity contribution in [3.8, 4) is 0 Å². The summed E-state index contributed by atoms with van der Waals surface area (Å²) < 4.78 is 9.89. The van der Waals surface area contributed by atoms with Crippen molar-refractivity contribution in [3.63, 3.8) is 0 Å². The number of ether oxygens (including phenoxy) is 2. The highest BCUT2D eigenvalue weighted by molar-refractivity contribution is 5.78. The maximum absolute atomic E-state index is 10.7. The zero-order valence-electron chi connectivity index (χ0n) is 8.80. The molecule has 1 heterocycles. The van der Waals surface area contributed by atoms with Crippen LogP contribution in [0.4, 0.5) is 0 Å². The van der Waals surface area contributed by atoms with E-state index in [0.717, 1.165) is 52.1 Å². The van der Waals surface area contributed by atoms with Crippen molar-refractivity contribution in [3.05, 3.63) is 0 Å². The smallest absolute Gasteiger partial charge is 0.132 e. The Morgan fingerprint density at radius 3 is 1.50 bits per heavy atom. The fourth-order valence-electron chi connectivity index (χ4n) is 1.56. The molecule has 82 valence electrons. The highest BCUT2D eigenvalue weighted by Gasteiger charge is 2.04. The second-order valence-electron chi connectivity index (χ2n) is 3.68. The van der Waals surface area contributed by atoms with Crippen molar-refractivity contribution in [1.82, 2.24) is 0 Å². The van der Waals surface area contributed by atoms with E-state index in [1.165, 1.54) is 12.8 Å². The Morgan fingerprint density at radius 1 is 0.714 bits per heavy atom. The van der Waals surface area contributed by atoms with Crippen molar-refractivity contribution < 1.29 is 14.3 Å². The van der Waals surface area contributed by atoms with Crippen LogP contribution >= 0.6 is 0 Å². The number of ketones is 1. The topological polar surface area (TPSA) is 35.5 Å². The molecule has 0 radical (unpaired) electrons. The summed E-state index contributed by atoms with van der Waals surface area (Å²) >= 11 is 0.